The molecule has 0 bridgehead atoms. The minimum atomic E-state index is -3.97. The van der Waals surface area contributed by atoms with Gasteiger partial charge < -0.3 is 5.32 Å². The van der Waals surface area contributed by atoms with Crippen molar-refractivity contribution in [1.82, 2.24) is 4.31 Å². The fourth-order valence-electron chi connectivity index (χ4n) is 3.61. The Hall–Kier alpha value is -2.34. The van der Waals surface area contributed by atoms with E-state index in [2.05, 4.69) is 10.0 Å². The topological polar surface area (TPSA) is 113 Å². The van der Waals surface area contributed by atoms with Crippen LogP contribution in [0.4, 0.5) is 11.4 Å². The Balaban J connectivity index is 1.51. The number of hydrogen-bond donors (Lipinski definition) is 2. The number of carbonyl (C=O) groups is 1. The third-order valence-corrected chi connectivity index (χ3v) is 9.64. The van der Waals surface area contributed by atoms with E-state index in [-0.39, 0.29) is 36.8 Å². The van der Waals surface area contributed by atoms with E-state index in [1.165, 1.54) is 65.0 Å². The van der Waals surface area contributed by atoms with Crippen molar-refractivity contribution in [3.63, 3.8) is 0 Å². The normalized spacial score (nSPS) is 14.5. The summed E-state index contributed by atoms with van der Waals surface area (Å²) in [4.78, 5) is 12.8. The van der Waals surface area contributed by atoms with Crippen molar-refractivity contribution in [1.29, 1.82) is 0 Å². The predicted molar refractivity (Wildman–Crippen MR) is 141 cm³/mol. The molecule has 0 radical (unpaired) electrons. The van der Waals surface area contributed by atoms with E-state index in [1.807, 2.05) is 0 Å². The molecule has 36 heavy (non-hydrogen) atoms. The maximum atomic E-state index is 12.9. The molecular formula is C23H20Cl3N3O5S2. The van der Waals surface area contributed by atoms with Gasteiger partial charge >= 0.3 is 0 Å². The number of anilines is 2. The lowest BCUT2D eigenvalue weighted by Crippen LogP contribution is -2.28. The second-order valence-electron chi connectivity index (χ2n) is 7.96. The van der Waals surface area contributed by atoms with Crippen molar-refractivity contribution < 1.29 is 21.6 Å². The summed E-state index contributed by atoms with van der Waals surface area (Å²) in [7, 11) is -7.70. The number of amides is 1. The third kappa shape index (κ3) is 5.80. The first kappa shape index (κ1) is 26.7. The first-order chi connectivity index (χ1) is 17.0. The van der Waals surface area contributed by atoms with Gasteiger partial charge in [0.1, 0.15) is 0 Å². The lowest BCUT2D eigenvalue weighted by atomic mass is 10.2. The van der Waals surface area contributed by atoms with Crippen LogP contribution in [0.3, 0.4) is 0 Å². The van der Waals surface area contributed by atoms with Gasteiger partial charge in [0.15, 0.2) is 0 Å². The standard InChI is InChI=1S/C23H20Cl3N3O5S2/c24-15-3-10-22(21(26)13-15)28-35(31,32)17-6-4-16(5-7-17)27-23(30)19-14-18(8-9-20(19)25)36(33,34)29-11-1-2-12-29/h3-10,13-14,28H,1-2,11-12H2,(H,27,30). The molecule has 1 heterocycles. The fraction of sp³-hybridized carbons (Fsp3) is 0.174. The summed E-state index contributed by atoms with van der Waals surface area (Å²) in [6.07, 6.45) is 1.57. The molecule has 0 unspecified atom stereocenters. The summed E-state index contributed by atoms with van der Waals surface area (Å²) < 4.78 is 54.9. The zero-order chi connectivity index (χ0) is 26.1. The number of benzene rings is 3. The lowest BCUT2D eigenvalue weighted by Gasteiger charge is -2.16. The van der Waals surface area contributed by atoms with E-state index < -0.39 is 26.0 Å². The molecule has 4 rings (SSSR count). The third-order valence-electron chi connectivity index (χ3n) is 5.48. The van der Waals surface area contributed by atoms with Gasteiger partial charge in [0.2, 0.25) is 10.0 Å². The molecule has 1 aliphatic heterocycles. The van der Waals surface area contributed by atoms with Crippen molar-refractivity contribution in [3.8, 4) is 0 Å². The predicted octanol–water partition coefficient (Wildman–Crippen LogP) is 5.48. The zero-order valence-electron chi connectivity index (χ0n) is 18.5. The van der Waals surface area contributed by atoms with Gasteiger partial charge in [0.25, 0.3) is 15.9 Å². The van der Waals surface area contributed by atoms with Crippen LogP contribution in [0.5, 0.6) is 0 Å². The van der Waals surface area contributed by atoms with E-state index in [9.17, 15) is 21.6 Å². The molecule has 8 nitrogen and oxygen atoms in total. The van der Waals surface area contributed by atoms with Crippen LogP contribution in [0, 0.1) is 0 Å². The van der Waals surface area contributed by atoms with Gasteiger partial charge in [-0.2, -0.15) is 4.31 Å². The van der Waals surface area contributed by atoms with Crippen molar-refractivity contribution in [2.45, 2.75) is 22.6 Å². The Labute approximate surface area is 224 Å². The van der Waals surface area contributed by atoms with Crippen LogP contribution < -0.4 is 10.0 Å². The highest BCUT2D eigenvalue weighted by Gasteiger charge is 2.28. The summed E-state index contributed by atoms with van der Waals surface area (Å²) >= 11 is 18.1. The fourth-order valence-corrected chi connectivity index (χ4v) is 6.95. The molecule has 1 fully saturated rings. The van der Waals surface area contributed by atoms with Gasteiger partial charge in [-0.25, -0.2) is 16.8 Å². The number of sulfonamides is 2. The zero-order valence-corrected chi connectivity index (χ0v) is 22.4. The number of nitrogens with zero attached hydrogens (tertiary/aromatic N) is 1. The number of hydrogen-bond acceptors (Lipinski definition) is 5. The largest absolute Gasteiger partial charge is 0.322 e. The van der Waals surface area contributed by atoms with E-state index in [1.54, 1.807) is 0 Å². The van der Waals surface area contributed by atoms with E-state index in [0.29, 0.717) is 18.1 Å². The van der Waals surface area contributed by atoms with Crippen molar-refractivity contribution in [3.05, 3.63) is 81.3 Å². The van der Waals surface area contributed by atoms with E-state index in [4.69, 9.17) is 34.8 Å². The number of nitrogens with one attached hydrogen (secondary N) is 2. The molecule has 1 saturated heterocycles. The SMILES string of the molecule is O=C(Nc1ccc(S(=O)(=O)Nc2ccc(Cl)cc2Cl)cc1)c1cc(S(=O)(=O)N2CCCC2)ccc1Cl. The average Bonchev–Trinajstić information content (AvgIpc) is 3.37. The molecule has 0 aromatic heterocycles. The second-order valence-corrected chi connectivity index (χ2v) is 12.8. The van der Waals surface area contributed by atoms with Crippen LogP contribution in [0.1, 0.15) is 23.2 Å². The Kier molecular flexibility index (Phi) is 7.84. The summed E-state index contributed by atoms with van der Waals surface area (Å²) in [5.41, 5.74) is 0.428. The Morgan fingerprint density at radius 2 is 1.42 bits per heavy atom. The molecule has 1 aliphatic rings. The van der Waals surface area contributed by atoms with Crippen LogP contribution >= 0.6 is 34.8 Å². The van der Waals surface area contributed by atoms with Gasteiger partial charge in [0.05, 0.1) is 31.1 Å². The van der Waals surface area contributed by atoms with Gasteiger partial charge in [-0.15, -0.1) is 0 Å². The summed E-state index contributed by atoms with van der Waals surface area (Å²) in [5.74, 6) is -0.639. The molecule has 0 spiro atoms. The van der Waals surface area contributed by atoms with E-state index in [0.717, 1.165) is 12.8 Å². The number of carbonyl (C=O) groups excluding carboxylic acids is 1. The van der Waals surface area contributed by atoms with Crippen LogP contribution in [0.25, 0.3) is 0 Å². The highest BCUT2D eigenvalue weighted by atomic mass is 35.5. The molecule has 190 valence electrons. The highest BCUT2D eigenvalue weighted by Crippen LogP contribution is 2.29. The van der Waals surface area contributed by atoms with E-state index >= 15 is 0 Å². The van der Waals surface area contributed by atoms with Crippen LogP contribution in [-0.2, 0) is 20.0 Å². The summed E-state index contributed by atoms with van der Waals surface area (Å²) in [5, 5.41) is 3.19. The molecule has 1 amide bonds. The Bertz CT molecular complexity index is 1520. The molecule has 3 aromatic rings. The lowest BCUT2D eigenvalue weighted by molar-refractivity contribution is 0.102. The molecule has 13 heteroatoms. The minimum absolute atomic E-state index is 0.0207. The molecule has 0 atom stereocenters. The quantitative estimate of drug-likeness (QED) is 0.379. The van der Waals surface area contributed by atoms with Crippen LogP contribution in [-0.4, -0.2) is 40.1 Å². The van der Waals surface area contributed by atoms with Crippen LogP contribution in [0.2, 0.25) is 15.1 Å². The van der Waals surface area contributed by atoms with Gasteiger partial charge in [-0.05, 0) is 73.5 Å². The summed E-state index contributed by atoms with van der Waals surface area (Å²) in [6.45, 7) is 0.863. The molecular weight excluding hydrogens is 569 g/mol. The second kappa shape index (κ2) is 10.6. The van der Waals surface area contributed by atoms with Gasteiger partial charge in [0, 0.05) is 23.8 Å². The van der Waals surface area contributed by atoms with Crippen molar-refractivity contribution >= 4 is 72.1 Å². The minimum Gasteiger partial charge on any atom is -0.322 e. The van der Waals surface area contributed by atoms with Crippen molar-refractivity contribution in [2.75, 3.05) is 23.1 Å². The van der Waals surface area contributed by atoms with Gasteiger partial charge in [-0.1, -0.05) is 34.8 Å². The Morgan fingerprint density at radius 3 is 2.06 bits per heavy atom. The highest BCUT2D eigenvalue weighted by molar-refractivity contribution is 7.92. The first-order valence-electron chi connectivity index (χ1n) is 10.7. The molecule has 0 saturated carbocycles. The summed E-state index contributed by atoms with van der Waals surface area (Å²) in [6, 6.07) is 13.7. The maximum absolute atomic E-state index is 12.9. The van der Waals surface area contributed by atoms with Crippen molar-refractivity contribution in [2.24, 2.45) is 0 Å². The average molecular weight is 589 g/mol. The van der Waals surface area contributed by atoms with Gasteiger partial charge in [-0.3, -0.25) is 9.52 Å². The molecule has 3 aromatic carbocycles. The molecule has 0 aliphatic carbocycles. The smallest absolute Gasteiger partial charge is 0.261 e. The Morgan fingerprint density at radius 1 is 0.778 bits per heavy atom. The molecule has 2 N–H and O–H groups in total. The number of rotatable bonds is 7. The number of halogens is 3. The maximum Gasteiger partial charge on any atom is 0.261 e. The first-order valence-corrected chi connectivity index (χ1v) is 14.7. The van der Waals surface area contributed by atoms with Crippen LogP contribution in [0.15, 0.2) is 70.5 Å². The monoisotopic (exact) mass is 587 g/mol.